The van der Waals surface area contributed by atoms with Crippen molar-refractivity contribution in [1.82, 2.24) is 9.97 Å². The number of rotatable bonds is 8. The van der Waals surface area contributed by atoms with Crippen LogP contribution in [-0.4, -0.2) is 28.2 Å². The SMILES string of the molecule is CCc1nc(NN)cc(NCC(C)(C)CCCO)n1. The maximum Gasteiger partial charge on any atom is 0.145 e. The topological polar surface area (TPSA) is 96.1 Å². The molecule has 0 bridgehead atoms. The first kappa shape index (κ1) is 15.7. The lowest BCUT2D eigenvalue weighted by atomic mass is 9.88. The second-order valence-electron chi connectivity index (χ2n) is 5.40. The third-order valence-corrected chi connectivity index (χ3v) is 3.00. The normalized spacial score (nSPS) is 11.4. The Labute approximate surface area is 114 Å². The average molecular weight is 267 g/mol. The summed E-state index contributed by atoms with van der Waals surface area (Å²) in [7, 11) is 0. The van der Waals surface area contributed by atoms with Crippen LogP contribution >= 0.6 is 0 Å². The van der Waals surface area contributed by atoms with E-state index in [-0.39, 0.29) is 12.0 Å². The summed E-state index contributed by atoms with van der Waals surface area (Å²) in [6.07, 6.45) is 2.54. The van der Waals surface area contributed by atoms with Crippen LogP contribution in [-0.2, 0) is 6.42 Å². The predicted molar refractivity (Wildman–Crippen MR) is 77.8 cm³/mol. The number of anilines is 2. The Kier molecular flexibility index (Phi) is 5.98. The number of nitrogen functional groups attached to an aromatic ring is 1. The Balaban J connectivity index is 2.66. The summed E-state index contributed by atoms with van der Waals surface area (Å²) in [4.78, 5) is 8.66. The lowest BCUT2D eigenvalue weighted by molar-refractivity contribution is 0.248. The summed E-state index contributed by atoms with van der Waals surface area (Å²) < 4.78 is 0. The minimum Gasteiger partial charge on any atom is -0.396 e. The number of aliphatic hydroxyl groups excluding tert-OH is 1. The molecule has 0 aliphatic rings. The van der Waals surface area contributed by atoms with Crippen LogP contribution in [0.3, 0.4) is 0 Å². The van der Waals surface area contributed by atoms with Crippen molar-refractivity contribution in [3.8, 4) is 0 Å². The summed E-state index contributed by atoms with van der Waals surface area (Å²) in [6.45, 7) is 7.36. The fourth-order valence-electron chi connectivity index (χ4n) is 1.80. The van der Waals surface area contributed by atoms with E-state index < -0.39 is 0 Å². The van der Waals surface area contributed by atoms with E-state index in [1.54, 1.807) is 6.07 Å². The molecule has 0 unspecified atom stereocenters. The monoisotopic (exact) mass is 267 g/mol. The first-order valence-corrected chi connectivity index (χ1v) is 6.70. The Morgan fingerprint density at radius 1 is 1.32 bits per heavy atom. The number of aliphatic hydroxyl groups is 1. The van der Waals surface area contributed by atoms with E-state index in [1.165, 1.54) is 0 Å². The molecule has 0 aliphatic carbocycles. The van der Waals surface area contributed by atoms with Gasteiger partial charge in [-0.25, -0.2) is 15.8 Å². The molecule has 1 heterocycles. The van der Waals surface area contributed by atoms with Crippen LogP contribution < -0.4 is 16.6 Å². The molecular formula is C13H25N5O. The smallest absolute Gasteiger partial charge is 0.145 e. The van der Waals surface area contributed by atoms with Crippen molar-refractivity contribution >= 4 is 11.6 Å². The minimum absolute atomic E-state index is 0.108. The molecule has 0 saturated carbocycles. The first-order valence-electron chi connectivity index (χ1n) is 6.70. The van der Waals surface area contributed by atoms with Crippen LogP contribution in [0.5, 0.6) is 0 Å². The van der Waals surface area contributed by atoms with Crippen LogP contribution in [0.4, 0.5) is 11.6 Å². The van der Waals surface area contributed by atoms with Crippen molar-refractivity contribution in [3.63, 3.8) is 0 Å². The van der Waals surface area contributed by atoms with Gasteiger partial charge in [0, 0.05) is 25.6 Å². The summed E-state index contributed by atoms with van der Waals surface area (Å²) >= 11 is 0. The summed E-state index contributed by atoms with van der Waals surface area (Å²) in [5.41, 5.74) is 2.66. The van der Waals surface area contributed by atoms with E-state index >= 15 is 0 Å². The average Bonchev–Trinajstić information content (AvgIpc) is 2.42. The van der Waals surface area contributed by atoms with E-state index in [0.717, 1.165) is 37.4 Å². The fraction of sp³-hybridized carbons (Fsp3) is 0.692. The van der Waals surface area contributed by atoms with E-state index in [1.807, 2.05) is 6.92 Å². The van der Waals surface area contributed by atoms with E-state index in [0.29, 0.717) is 5.82 Å². The van der Waals surface area contributed by atoms with Crippen molar-refractivity contribution in [2.45, 2.75) is 40.0 Å². The Morgan fingerprint density at radius 3 is 2.58 bits per heavy atom. The van der Waals surface area contributed by atoms with Crippen LogP contribution in [0.2, 0.25) is 0 Å². The van der Waals surface area contributed by atoms with Gasteiger partial charge in [0.25, 0.3) is 0 Å². The van der Waals surface area contributed by atoms with Crippen molar-refractivity contribution < 1.29 is 5.11 Å². The number of nitrogens with zero attached hydrogens (tertiary/aromatic N) is 2. The molecule has 0 fully saturated rings. The molecule has 0 atom stereocenters. The van der Waals surface area contributed by atoms with Gasteiger partial charge in [-0.15, -0.1) is 0 Å². The number of hydrogen-bond donors (Lipinski definition) is 4. The highest BCUT2D eigenvalue weighted by Gasteiger charge is 2.17. The molecule has 0 radical (unpaired) electrons. The Bertz CT molecular complexity index is 372. The molecule has 5 N–H and O–H groups in total. The third-order valence-electron chi connectivity index (χ3n) is 3.00. The molecule has 0 spiro atoms. The van der Waals surface area contributed by atoms with Gasteiger partial charge in [-0.05, 0) is 18.3 Å². The van der Waals surface area contributed by atoms with Crippen LogP contribution in [0.15, 0.2) is 6.07 Å². The molecule has 0 amide bonds. The van der Waals surface area contributed by atoms with Gasteiger partial charge >= 0.3 is 0 Å². The van der Waals surface area contributed by atoms with Gasteiger partial charge in [0.2, 0.25) is 0 Å². The van der Waals surface area contributed by atoms with Gasteiger partial charge < -0.3 is 15.8 Å². The second kappa shape index (κ2) is 7.25. The van der Waals surface area contributed by atoms with Gasteiger partial charge in [0.1, 0.15) is 17.5 Å². The van der Waals surface area contributed by atoms with Gasteiger partial charge in [-0.1, -0.05) is 20.8 Å². The molecule has 108 valence electrons. The van der Waals surface area contributed by atoms with Gasteiger partial charge in [-0.2, -0.15) is 0 Å². The maximum atomic E-state index is 8.89. The summed E-state index contributed by atoms with van der Waals surface area (Å²) in [6, 6.07) is 1.79. The Morgan fingerprint density at radius 2 is 2.00 bits per heavy atom. The molecule has 19 heavy (non-hydrogen) atoms. The number of hydrogen-bond acceptors (Lipinski definition) is 6. The molecule has 0 saturated heterocycles. The molecule has 1 rings (SSSR count). The lowest BCUT2D eigenvalue weighted by Gasteiger charge is -2.25. The number of nitrogens with two attached hydrogens (primary N) is 1. The van der Waals surface area contributed by atoms with Crippen molar-refractivity contribution in [2.75, 3.05) is 23.9 Å². The summed E-state index contributed by atoms with van der Waals surface area (Å²) in [5.74, 6) is 7.54. The van der Waals surface area contributed by atoms with E-state index in [4.69, 9.17) is 10.9 Å². The third kappa shape index (κ3) is 5.40. The molecule has 6 heteroatoms. The minimum atomic E-state index is 0.108. The zero-order valence-electron chi connectivity index (χ0n) is 12.0. The van der Waals surface area contributed by atoms with Gasteiger partial charge in [0.05, 0.1) is 0 Å². The Hall–Kier alpha value is -1.40. The lowest BCUT2D eigenvalue weighted by Crippen LogP contribution is -2.24. The van der Waals surface area contributed by atoms with E-state index in [9.17, 15) is 0 Å². The number of aromatic nitrogens is 2. The van der Waals surface area contributed by atoms with Crippen molar-refractivity contribution in [2.24, 2.45) is 11.3 Å². The number of nitrogens with one attached hydrogen (secondary N) is 2. The highest BCUT2D eigenvalue weighted by atomic mass is 16.2. The standard InChI is InChI=1S/C13H25N5O/c1-4-10-16-11(8-12(17-10)18-14)15-9-13(2,3)6-5-7-19/h8,19H,4-7,9,14H2,1-3H3,(H2,15,16,17,18). The molecular weight excluding hydrogens is 242 g/mol. The van der Waals surface area contributed by atoms with E-state index in [2.05, 4.69) is 34.6 Å². The predicted octanol–water partition coefficient (Wildman–Crippen LogP) is 1.54. The van der Waals surface area contributed by atoms with Crippen molar-refractivity contribution in [1.29, 1.82) is 0 Å². The highest BCUT2D eigenvalue weighted by molar-refractivity contribution is 5.46. The quantitative estimate of drug-likeness (QED) is 0.421. The molecule has 6 nitrogen and oxygen atoms in total. The van der Waals surface area contributed by atoms with Crippen LogP contribution in [0, 0.1) is 5.41 Å². The molecule has 0 aliphatic heterocycles. The first-order chi connectivity index (χ1) is 9.00. The molecule has 1 aromatic rings. The zero-order valence-corrected chi connectivity index (χ0v) is 12.0. The molecule has 0 aromatic carbocycles. The number of hydrazine groups is 1. The maximum absolute atomic E-state index is 8.89. The van der Waals surface area contributed by atoms with Crippen molar-refractivity contribution in [3.05, 3.63) is 11.9 Å². The van der Waals surface area contributed by atoms with Gasteiger partial charge in [-0.3, -0.25) is 0 Å². The van der Waals surface area contributed by atoms with Crippen LogP contribution in [0.25, 0.3) is 0 Å². The fourth-order valence-corrected chi connectivity index (χ4v) is 1.80. The number of aryl methyl sites for hydroxylation is 1. The van der Waals surface area contributed by atoms with Crippen LogP contribution in [0.1, 0.15) is 39.4 Å². The summed E-state index contributed by atoms with van der Waals surface area (Å²) in [5, 5.41) is 12.2. The highest BCUT2D eigenvalue weighted by Crippen LogP contribution is 2.23. The molecule has 1 aromatic heterocycles. The zero-order chi connectivity index (χ0) is 14.3. The van der Waals surface area contributed by atoms with Gasteiger partial charge in [0.15, 0.2) is 0 Å². The largest absolute Gasteiger partial charge is 0.396 e. The second-order valence-corrected chi connectivity index (χ2v) is 5.40.